The van der Waals surface area contributed by atoms with E-state index in [1.54, 1.807) is 0 Å². The van der Waals surface area contributed by atoms with E-state index in [0.29, 0.717) is 0 Å². The molecule has 14 rings (SSSR count). The summed E-state index contributed by atoms with van der Waals surface area (Å²) in [7, 11) is 0. The van der Waals surface area contributed by atoms with Gasteiger partial charge in [0.1, 0.15) is 5.58 Å². The minimum atomic E-state index is 0.181. The van der Waals surface area contributed by atoms with E-state index < -0.39 is 0 Å². The van der Waals surface area contributed by atoms with Crippen LogP contribution in [-0.2, 0) is 0 Å². The fourth-order valence-electron chi connectivity index (χ4n) is 10.9. The van der Waals surface area contributed by atoms with Gasteiger partial charge in [0.25, 0.3) is 0 Å². The summed E-state index contributed by atoms with van der Waals surface area (Å²) >= 11 is 0.181. The van der Waals surface area contributed by atoms with Crippen molar-refractivity contribution >= 4 is 98.8 Å². The van der Waals surface area contributed by atoms with Crippen LogP contribution in [0.2, 0.25) is 0 Å². The second-order valence-electron chi connectivity index (χ2n) is 17.5. The second-order valence-corrected chi connectivity index (χ2v) is 19.7. The van der Waals surface area contributed by atoms with E-state index in [2.05, 4.69) is 231 Å². The quantitative estimate of drug-likeness (QED) is 0.124. The minimum absolute atomic E-state index is 0.181. The van der Waals surface area contributed by atoms with Crippen molar-refractivity contribution in [2.24, 2.45) is 0 Å². The Balaban J connectivity index is 0.932. The molecule has 0 spiro atoms. The molecule has 0 bridgehead atoms. The third kappa shape index (κ3) is 5.73. The molecule has 0 amide bonds. The monoisotopic (exact) mass is 902 g/mol. The van der Waals surface area contributed by atoms with Gasteiger partial charge in [-0.1, -0.05) is 36.4 Å². The third-order valence-electron chi connectivity index (χ3n) is 13.8. The molecule has 0 fully saturated rings. The average molecular weight is 902 g/mol. The molecule has 0 aliphatic carbocycles. The molecule has 1 nitrogen and oxygen atoms in total. The van der Waals surface area contributed by atoms with Crippen LogP contribution in [0.5, 0.6) is 0 Å². The molecule has 0 N–H and O–H groups in total. The Kier molecular flexibility index (Phi) is 8.37. The van der Waals surface area contributed by atoms with Crippen LogP contribution in [0.1, 0.15) is 0 Å². The van der Waals surface area contributed by atoms with Crippen molar-refractivity contribution in [3.63, 3.8) is 0 Å². The first-order chi connectivity index (χ1) is 32.7. The van der Waals surface area contributed by atoms with Crippen LogP contribution in [0, 0.1) is 0 Å². The fraction of sp³-hybridized carbons (Fsp3) is 0. The topological polar surface area (TPSA) is 13.1 Å². The molecule has 66 heavy (non-hydrogen) atoms. The molecule has 0 unspecified atom stereocenters. The summed E-state index contributed by atoms with van der Waals surface area (Å²) in [5.41, 5.74) is 14.3. The van der Waals surface area contributed by atoms with Crippen molar-refractivity contribution in [2.45, 2.75) is 0 Å². The second kappa shape index (κ2) is 14.8. The van der Waals surface area contributed by atoms with E-state index >= 15 is 0 Å². The van der Waals surface area contributed by atoms with Gasteiger partial charge in [-0.25, -0.2) is 0 Å². The summed E-state index contributed by atoms with van der Waals surface area (Å²) in [5.74, 6) is 0. The van der Waals surface area contributed by atoms with E-state index in [1.807, 2.05) is 0 Å². The van der Waals surface area contributed by atoms with Crippen molar-refractivity contribution in [3.8, 4) is 55.6 Å². The van der Waals surface area contributed by atoms with Gasteiger partial charge >= 0.3 is 320 Å². The number of fused-ring (bicyclic) bond motifs is 10. The Morgan fingerprint density at radius 2 is 0.576 bits per heavy atom. The van der Waals surface area contributed by atoms with Crippen LogP contribution in [0.25, 0.3) is 140 Å². The van der Waals surface area contributed by atoms with Crippen molar-refractivity contribution in [1.82, 2.24) is 0 Å². The fourth-order valence-corrected chi connectivity index (χ4v) is 13.3. The standard InChI is InChI=1S/C64H38OSe/c1-3-15-39(16-4-1)41-28-32-57-54(35-41)55-36-42(29-33-58(55)65-57)62-50-23-11-13-25-52(50)63(53-26-14-12-24-51(53)62)43-30-34-59-56(37-43)45-31-27-44(38-60(45)66-59)64-48-21-9-7-19-46(48)61(40-17-5-2-6-18-40)47-20-8-10-22-49(47)64/h1-38H. The molecule has 306 valence electrons. The van der Waals surface area contributed by atoms with Crippen molar-refractivity contribution in [2.75, 3.05) is 0 Å². The first-order valence-corrected chi connectivity index (χ1v) is 24.4. The summed E-state index contributed by atoms with van der Waals surface area (Å²) in [6, 6.07) is 85.2. The maximum atomic E-state index is 6.43. The van der Waals surface area contributed by atoms with E-state index in [-0.39, 0.29) is 14.5 Å². The first-order valence-electron chi connectivity index (χ1n) is 22.6. The molecular formula is C64H38OSe. The Morgan fingerprint density at radius 1 is 0.212 bits per heavy atom. The number of hydrogen-bond donors (Lipinski definition) is 0. The number of benzene rings is 12. The van der Waals surface area contributed by atoms with Gasteiger partial charge < -0.3 is 4.42 Å². The average Bonchev–Trinajstić information content (AvgIpc) is 3.94. The summed E-state index contributed by atoms with van der Waals surface area (Å²) in [6.07, 6.45) is 0. The van der Waals surface area contributed by atoms with Crippen LogP contribution in [-0.4, -0.2) is 14.5 Å². The summed E-state index contributed by atoms with van der Waals surface area (Å²) < 4.78 is 9.31. The molecule has 0 radical (unpaired) electrons. The zero-order valence-electron chi connectivity index (χ0n) is 35.8. The number of rotatable bonds is 5. The SMILES string of the molecule is c1ccc(-c2ccc3oc4ccc(-c5c6ccccc6c(-c6ccc7[se]c8cc(-c9c%10ccccc%10c(-c%10ccccc%10)c%10ccccc9%10)ccc8c7c6)c6ccccc56)cc4c3c2)cc1. The maximum absolute atomic E-state index is 6.43. The molecule has 0 aliphatic rings. The summed E-state index contributed by atoms with van der Waals surface area (Å²) in [6.45, 7) is 0. The summed E-state index contributed by atoms with van der Waals surface area (Å²) in [4.78, 5) is 0. The molecule has 2 aromatic heterocycles. The molecule has 0 aliphatic heterocycles. The van der Waals surface area contributed by atoms with Gasteiger partial charge in [-0.2, -0.15) is 0 Å². The molecule has 0 saturated carbocycles. The van der Waals surface area contributed by atoms with Crippen LogP contribution in [0.3, 0.4) is 0 Å². The number of furan rings is 1. The number of hydrogen-bond acceptors (Lipinski definition) is 1. The van der Waals surface area contributed by atoms with Crippen molar-refractivity contribution < 1.29 is 4.42 Å². The van der Waals surface area contributed by atoms with Gasteiger partial charge in [-0.05, 0) is 23.3 Å². The van der Waals surface area contributed by atoms with Gasteiger partial charge in [0.05, 0.1) is 0 Å². The third-order valence-corrected chi connectivity index (χ3v) is 16.2. The zero-order chi connectivity index (χ0) is 43.3. The van der Waals surface area contributed by atoms with Gasteiger partial charge in [0.15, 0.2) is 0 Å². The molecular weight excluding hydrogens is 864 g/mol. The first kappa shape index (κ1) is 37.4. The van der Waals surface area contributed by atoms with Gasteiger partial charge in [-0.3, -0.25) is 0 Å². The molecule has 12 aromatic carbocycles. The summed E-state index contributed by atoms with van der Waals surface area (Å²) in [5, 5.41) is 15.1. The van der Waals surface area contributed by atoms with Crippen LogP contribution >= 0.6 is 0 Å². The Morgan fingerprint density at radius 3 is 1.08 bits per heavy atom. The molecule has 0 saturated heterocycles. The minimum Gasteiger partial charge on any atom is -0.0617 e. The predicted molar refractivity (Wildman–Crippen MR) is 283 cm³/mol. The zero-order valence-corrected chi connectivity index (χ0v) is 37.5. The van der Waals surface area contributed by atoms with Crippen LogP contribution in [0.15, 0.2) is 235 Å². The molecule has 2 heteroatoms. The van der Waals surface area contributed by atoms with Gasteiger partial charge in [0, 0.05) is 0 Å². The van der Waals surface area contributed by atoms with E-state index in [9.17, 15) is 0 Å². The van der Waals surface area contributed by atoms with Gasteiger partial charge in [0.2, 0.25) is 0 Å². The molecule has 2 heterocycles. The van der Waals surface area contributed by atoms with Gasteiger partial charge in [-0.15, -0.1) is 0 Å². The Labute approximate surface area is 387 Å². The normalized spacial score (nSPS) is 11.9. The van der Waals surface area contributed by atoms with E-state index in [1.165, 1.54) is 118 Å². The van der Waals surface area contributed by atoms with Crippen LogP contribution in [0.4, 0.5) is 0 Å². The van der Waals surface area contributed by atoms with Crippen LogP contribution < -0.4 is 0 Å². The van der Waals surface area contributed by atoms with Crippen molar-refractivity contribution in [1.29, 1.82) is 0 Å². The predicted octanol–water partition coefficient (Wildman–Crippen LogP) is 17.9. The van der Waals surface area contributed by atoms with E-state index in [0.717, 1.165) is 21.9 Å². The molecule has 14 aromatic rings. The Bertz CT molecular complexity index is 4160. The Hall–Kier alpha value is -8.00. The smallest absolute Gasteiger partial charge is 0.0617 e. The van der Waals surface area contributed by atoms with E-state index in [4.69, 9.17) is 4.42 Å². The molecule has 0 atom stereocenters. The van der Waals surface area contributed by atoms with Crippen molar-refractivity contribution in [3.05, 3.63) is 231 Å².